The van der Waals surface area contributed by atoms with Gasteiger partial charge in [-0.15, -0.1) is 0 Å². The SMILES string of the molecule is Cc1ccc(C(CCc2ccncc2)NN)c(F)c1F. The lowest BCUT2D eigenvalue weighted by Crippen LogP contribution is -2.29. The van der Waals surface area contributed by atoms with Gasteiger partial charge in [0.1, 0.15) is 0 Å². The summed E-state index contributed by atoms with van der Waals surface area (Å²) < 4.78 is 27.5. The van der Waals surface area contributed by atoms with Crippen LogP contribution in [-0.2, 0) is 6.42 Å². The van der Waals surface area contributed by atoms with E-state index in [-0.39, 0.29) is 11.1 Å². The summed E-state index contributed by atoms with van der Waals surface area (Å²) >= 11 is 0. The largest absolute Gasteiger partial charge is 0.271 e. The van der Waals surface area contributed by atoms with Crippen LogP contribution in [0.5, 0.6) is 0 Å². The minimum atomic E-state index is -0.831. The van der Waals surface area contributed by atoms with Gasteiger partial charge in [-0.05, 0) is 43.0 Å². The molecular formula is C15H17F2N3. The summed E-state index contributed by atoms with van der Waals surface area (Å²) in [5, 5.41) is 0. The van der Waals surface area contributed by atoms with Crippen LogP contribution in [0.15, 0.2) is 36.7 Å². The maximum atomic E-state index is 13.9. The fourth-order valence-corrected chi connectivity index (χ4v) is 2.12. The summed E-state index contributed by atoms with van der Waals surface area (Å²) in [6.45, 7) is 1.53. The lowest BCUT2D eigenvalue weighted by atomic mass is 9.98. The zero-order chi connectivity index (χ0) is 14.5. The van der Waals surface area contributed by atoms with Gasteiger partial charge in [0, 0.05) is 24.0 Å². The van der Waals surface area contributed by atoms with Crippen molar-refractivity contribution in [3.63, 3.8) is 0 Å². The summed E-state index contributed by atoms with van der Waals surface area (Å²) in [5.74, 6) is 3.83. The zero-order valence-corrected chi connectivity index (χ0v) is 11.2. The Balaban J connectivity index is 2.15. The molecular weight excluding hydrogens is 260 g/mol. The third kappa shape index (κ3) is 3.18. The first kappa shape index (κ1) is 14.6. The molecule has 0 aliphatic heterocycles. The van der Waals surface area contributed by atoms with Crippen LogP contribution in [0.3, 0.4) is 0 Å². The van der Waals surface area contributed by atoms with E-state index >= 15 is 0 Å². The average molecular weight is 277 g/mol. The van der Waals surface area contributed by atoms with Crippen molar-refractivity contribution in [2.24, 2.45) is 5.84 Å². The summed E-state index contributed by atoms with van der Waals surface area (Å²) in [5.41, 5.74) is 4.17. The van der Waals surface area contributed by atoms with Gasteiger partial charge in [0.25, 0.3) is 0 Å². The molecule has 3 nitrogen and oxygen atoms in total. The summed E-state index contributed by atoms with van der Waals surface area (Å²) in [6.07, 6.45) is 4.67. The van der Waals surface area contributed by atoms with Gasteiger partial charge < -0.3 is 0 Å². The van der Waals surface area contributed by atoms with Gasteiger partial charge in [-0.1, -0.05) is 12.1 Å². The maximum Gasteiger partial charge on any atom is 0.163 e. The van der Waals surface area contributed by atoms with Crippen LogP contribution in [0, 0.1) is 18.6 Å². The Hall–Kier alpha value is -1.85. The Kier molecular flexibility index (Phi) is 4.76. The molecule has 0 bridgehead atoms. The van der Waals surface area contributed by atoms with Crippen LogP contribution in [0.4, 0.5) is 8.78 Å². The molecule has 0 saturated heterocycles. The quantitative estimate of drug-likeness (QED) is 0.652. The molecule has 3 N–H and O–H groups in total. The number of halogens is 2. The monoisotopic (exact) mass is 277 g/mol. The molecule has 20 heavy (non-hydrogen) atoms. The molecule has 0 radical (unpaired) electrons. The highest BCUT2D eigenvalue weighted by Gasteiger charge is 2.18. The number of hydrazine groups is 1. The van der Waals surface area contributed by atoms with Crippen LogP contribution >= 0.6 is 0 Å². The molecule has 1 aromatic heterocycles. The Morgan fingerprint density at radius 3 is 2.50 bits per heavy atom. The zero-order valence-electron chi connectivity index (χ0n) is 11.2. The van der Waals surface area contributed by atoms with E-state index < -0.39 is 17.7 Å². The van der Waals surface area contributed by atoms with Crippen LogP contribution in [0.2, 0.25) is 0 Å². The van der Waals surface area contributed by atoms with E-state index in [4.69, 9.17) is 5.84 Å². The van der Waals surface area contributed by atoms with E-state index in [1.54, 1.807) is 24.5 Å². The van der Waals surface area contributed by atoms with Crippen molar-refractivity contribution < 1.29 is 8.78 Å². The van der Waals surface area contributed by atoms with Crippen LogP contribution in [0.25, 0.3) is 0 Å². The number of rotatable bonds is 5. The molecule has 0 spiro atoms. The van der Waals surface area contributed by atoms with E-state index in [9.17, 15) is 8.78 Å². The molecule has 1 atom stereocenters. The lowest BCUT2D eigenvalue weighted by molar-refractivity contribution is 0.449. The number of nitrogens with one attached hydrogen (secondary N) is 1. The Morgan fingerprint density at radius 2 is 1.85 bits per heavy atom. The second-order valence-corrected chi connectivity index (χ2v) is 4.71. The summed E-state index contributed by atoms with van der Waals surface area (Å²) in [7, 11) is 0. The molecule has 106 valence electrons. The van der Waals surface area contributed by atoms with E-state index in [1.807, 2.05) is 12.1 Å². The molecule has 0 saturated carbocycles. The second-order valence-electron chi connectivity index (χ2n) is 4.71. The third-order valence-corrected chi connectivity index (χ3v) is 3.35. The van der Waals surface area contributed by atoms with Gasteiger partial charge in [-0.3, -0.25) is 16.3 Å². The number of aryl methyl sites for hydroxylation is 2. The van der Waals surface area contributed by atoms with E-state index in [2.05, 4.69) is 10.4 Å². The normalized spacial score (nSPS) is 12.4. The van der Waals surface area contributed by atoms with Gasteiger partial charge in [0.15, 0.2) is 11.6 Å². The number of aromatic nitrogens is 1. The number of nitrogens with two attached hydrogens (primary N) is 1. The van der Waals surface area contributed by atoms with Gasteiger partial charge in [0.2, 0.25) is 0 Å². The number of nitrogens with zero attached hydrogens (tertiary/aromatic N) is 1. The molecule has 2 aromatic rings. The molecule has 0 amide bonds. The van der Waals surface area contributed by atoms with Crippen LogP contribution in [0.1, 0.15) is 29.2 Å². The molecule has 5 heteroatoms. The standard InChI is InChI=1S/C15H17F2N3/c1-10-2-4-12(15(17)14(10)16)13(20-18)5-3-11-6-8-19-9-7-11/h2,4,6-9,13,20H,3,5,18H2,1H3. The highest BCUT2D eigenvalue weighted by molar-refractivity contribution is 5.28. The van der Waals surface area contributed by atoms with Crippen molar-refractivity contribution >= 4 is 0 Å². The van der Waals surface area contributed by atoms with Crippen molar-refractivity contribution in [2.75, 3.05) is 0 Å². The van der Waals surface area contributed by atoms with Crippen LogP contribution in [-0.4, -0.2) is 4.98 Å². The minimum absolute atomic E-state index is 0.254. The number of pyridine rings is 1. The van der Waals surface area contributed by atoms with Crippen LogP contribution < -0.4 is 11.3 Å². The van der Waals surface area contributed by atoms with Crippen molar-refractivity contribution in [3.05, 3.63) is 65.0 Å². The Morgan fingerprint density at radius 1 is 1.15 bits per heavy atom. The smallest absolute Gasteiger partial charge is 0.163 e. The maximum absolute atomic E-state index is 13.9. The second kappa shape index (κ2) is 6.54. The molecule has 1 unspecified atom stereocenters. The summed E-state index contributed by atoms with van der Waals surface area (Å²) in [6, 6.07) is 6.48. The third-order valence-electron chi connectivity index (χ3n) is 3.35. The topological polar surface area (TPSA) is 50.9 Å². The molecule has 2 rings (SSSR count). The fraction of sp³-hybridized carbons (Fsp3) is 0.267. The lowest BCUT2D eigenvalue weighted by Gasteiger charge is -2.18. The van der Waals surface area contributed by atoms with Gasteiger partial charge in [-0.2, -0.15) is 0 Å². The number of benzene rings is 1. The van der Waals surface area contributed by atoms with E-state index in [0.717, 1.165) is 5.56 Å². The molecule has 0 aliphatic rings. The van der Waals surface area contributed by atoms with Crippen molar-refractivity contribution in [3.8, 4) is 0 Å². The number of hydrogen-bond donors (Lipinski definition) is 2. The summed E-state index contributed by atoms with van der Waals surface area (Å²) in [4.78, 5) is 3.94. The van der Waals surface area contributed by atoms with Crippen molar-refractivity contribution in [2.45, 2.75) is 25.8 Å². The predicted octanol–water partition coefficient (Wildman–Crippen LogP) is 2.81. The first-order valence-electron chi connectivity index (χ1n) is 6.43. The Labute approximate surface area is 116 Å². The van der Waals surface area contributed by atoms with E-state index in [0.29, 0.717) is 12.8 Å². The molecule has 1 heterocycles. The Bertz CT molecular complexity index is 573. The van der Waals surface area contributed by atoms with Crippen molar-refractivity contribution in [1.82, 2.24) is 10.4 Å². The molecule has 0 fully saturated rings. The van der Waals surface area contributed by atoms with Crippen molar-refractivity contribution in [1.29, 1.82) is 0 Å². The fourth-order valence-electron chi connectivity index (χ4n) is 2.12. The van der Waals surface area contributed by atoms with Gasteiger partial charge in [-0.25, -0.2) is 8.78 Å². The molecule has 0 aliphatic carbocycles. The van der Waals surface area contributed by atoms with E-state index in [1.165, 1.54) is 6.92 Å². The number of hydrogen-bond acceptors (Lipinski definition) is 3. The average Bonchev–Trinajstić information content (AvgIpc) is 2.48. The highest BCUT2D eigenvalue weighted by Crippen LogP contribution is 2.24. The minimum Gasteiger partial charge on any atom is -0.271 e. The van der Waals surface area contributed by atoms with Gasteiger partial charge in [0.05, 0.1) is 0 Å². The first-order valence-corrected chi connectivity index (χ1v) is 6.43. The predicted molar refractivity (Wildman–Crippen MR) is 73.7 cm³/mol. The highest BCUT2D eigenvalue weighted by atomic mass is 19.2. The first-order chi connectivity index (χ1) is 9.63. The molecule has 1 aromatic carbocycles. The van der Waals surface area contributed by atoms with Gasteiger partial charge >= 0.3 is 0 Å².